The van der Waals surface area contributed by atoms with Crippen molar-refractivity contribution >= 4 is 5.91 Å². The number of likely N-dealkylation sites (tertiary alicyclic amines) is 1. The molecule has 0 aromatic heterocycles. The maximum absolute atomic E-state index is 11.9. The van der Waals surface area contributed by atoms with Crippen molar-refractivity contribution in [2.24, 2.45) is 11.3 Å². The van der Waals surface area contributed by atoms with E-state index in [-0.39, 0.29) is 11.3 Å². The summed E-state index contributed by atoms with van der Waals surface area (Å²) in [5.74, 6) is 0.626. The van der Waals surface area contributed by atoms with Crippen LogP contribution in [0.15, 0.2) is 0 Å². The SMILES string of the molecule is CCC(O)(CC)CN1CCCC(CNC(=O)C(C)(C)C)C1. The van der Waals surface area contributed by atoms with Crippen LogP contribution in [0.5, 0.6) is 0 Å². The van der Waals surface area contributed by atoms with Crippen LogP contribution in [0.25, 0.3) is 0 Å². The summed E-state index contributed by atoms with van der Waals surface area (Å²) >= 11 is 0. The molecule has 1 atom stereocenters. The number of β-amino-alcohol motifs (C(OH)–C–C–N with tert-alkyl or cyclic N) is 1. The van der Waals surface area contributed by atoms with Crippen LogP contribution in [0.3, 0.4) is 0 Å². The van der Waals surface area contributed by atoms with E-state index in [1.165, 1.54) is 0 Å². The fourth-order valence-electron chi connectivity index (χ4n) is 2.85. The van der Waals surface area contributed by atoms with Gasteiger partial charge in [0.25, 0.3) is 0 Å². The van der Waals surface area contributed by atoms with Gasteiger partial charge in [-0.25, -0.2) is 0 Å². The molecule has 1 aliphatic rings. The van der Waals surface area contributed by atoms with E-state index < -0.39 is 5.60 Å². The van der Waals surface area contributed by atoms with Crippen LogP contribution in [0, 0.1) is 11.3 Å². The molecule has 2 N–H and O–H groups in total. The zero-order valence-corrected chi connectivity index (χ0v) is 14.5. The molecule has 0 aliphatic carbocycles. The van der Waals surface area contributed by atoms with Gasteiger partial charge in [0.1, 0.15) is 0 Å². The van der Waals surface area contributed by atoms with Crippen LogP contribution in [0.2, 0.25) is 0 Å². The van der Waals surface area contributed by atoms with Gasteiger partial charge in [0, 0.05) is 25.0 Å². The van der Waals surface area contributed by atoms with Crippen molar-refractivity contribution in [3.63, 3.8) is 0 Å². The predicted octanol–water partition coefficient (Wildman–Crippen LogP) is 2.41. The van der Waals surface area contributed by atoms with E-state index in [0.717, 1.165) is 51.9 Å². The number of rotatable bonds is 6. The summed E-state index contributed by atoms with van der Waals surface area (Å²) in [5, 5.41) is 13.6. The summed E-state index contributed by atoms with van der Waals surface area (Å²) in [6.45, 7) is 13.5. The Morgan fingerprint density at radius 1 is 1.29 bits per heavy atom. The Balaban J connectivity index is 2.44. The summed E-state index contributed by atoms with van der Waals surface area (Å²) < 4.78 is 0. The number of carbonyl (C=O) groups is 1. The quantitative estimate of drug-likeness (QED) is 0.792. The lowest BCUT2D eigenvalue weighted by Gasteiger charge is -2.38. The second kappa shape index (κ2) is 7.59. The monoisotopic (exact) mass is 298 g/mol. The number of hydrogen-bond donors (Lipinski definition) is 2. The van der Waals surface area contributed by atoms with Crippen LogP contribution in [0.1, 0.15) is 60.3 Å². The molecule has 0 spiro atoms. The Morgan fingerprint density at radius 3 is 2.43 bits per heavy atom. The maximum Gasteiger partial charge on any atom is 0.225 e. The lowest BCUT2D eigenvalue weighted by molar-refractivity contribution is -0.128. The number of piperidine rings is 1. The van der Waals surface area contributed by atoms with Crippen molar-refractivity contribution in [2.45, 2.75) is 65.9 Å². The average molecular weight is 298 g/mol. The first kappa shape index (κ1) is 18.4. The minimum atomic E-state index is -0.559. The highest BCUT2D eigenvalue weighted by Crippen LogP contribution is 2.22. The fraction of sp³-hybridized carbons (Fsp3) is 0.941. The second-order valence-corrected chi connectivity index (χ2v) is 7.63. The molecule has 4 heteroatoms. The van der Waals surface area contributed by atoms with E-state index in [1.807, 2.05) is 20.8 Å². The van der Waals surface area contributed by atoms with Crippen molar-refractivity contribution in [1.82, 2.24) is 10.2 Å². The average Bonchev–Trinajstić information content (AvgIpc) is 2.44. The van der Waals surface area contributed by atoms with Crippen LogP contribution in [0.4, 0.5) is 0 Å². The molecular formula is C17H34N2O2. The van der Waals surface area contributed by atoms with E-state index in [9.17, 15) is 9.90 Å². The van der Waals surface area contributed by atoms with Crippen molar-refractivity contribution in [2.75, 3.05) is 26.2 Å². The Labute approximate surface area is 130 Å². The lowest BCUT2D eigenvalue weighted by Crippen LogP contribution is -2.48. The summed E-state index contributed by atoms with van der Waals surface area (Å²) in [6.07, 6.45) is 3.91. The largest absolute Gasteiger partial charge is 0.389 e. The third-order valence-electron chi connectivity index (χ3n) is 4.67. The highest BCUT2D eigenvalue weighted by molar-refractivity contribution is 5.81. The highest BCUT2D eigenvalue weighted by Gasteiger charge is 2.29. The number of aliphatic hydroxyl groups is 1. The van der Waals surface area contributed by atoms with Gasteiger partial charge < -0.3 is 15.3 Å². The highest BCUT2D eigenvalue weighted by atomic mass is 16.3. The van der Waals surface area contributed by atoms with Gasteiger partial charge in [0.15, 0.2) is 0 Å². The summed E-state index contributed by atoms with van der Waals surface area (Å²) in [6, 6.07) is 0. The van der Waals surface area contributed by atoms with Crippen LogP contribution < -0.4 is 5.32 Å². The molecule has 1 rings (SSSR count). The van der Waals surface area contributed by atoms with E-state index in [1.54, 1.807) is 0 Å². The molecule has 1 aliphatic heterocycles. The summed E-state index contributed by atoms with van der Waals surface area (Å²) in [5.41, 5.74) is -0.879. The molecule has 1 amide bonds. The Kier molecular flexibility index (Phi) is 6.67. The molecule has 1 unspecified atom stereocenters. The molecule has 124 valence electrons. The van der Waals surface area contributed by atoms with Crippen LogP contribution in [-0.4, -0.2) is 47.7 Å². The minimum Gasteiger partial charge on any atom is -0.389 e. The number of nitrogens with zero attached hydrogens (tertiary/aromatic N) is 1. The molecular weight excluding hydrogens is 264 g/mol. The first-order chi connectivity index (χ1) is 9.70. The van der Waals surface area contributed by atoms with Crippen LogP contribution in [-0.2, 0) is 4.79 Å². The summed E-state index contributed by atoms with van der Waals surface area (Å²) in [4.78, 5) is 14.3. The first-order valence-corrected chi connectivity index (χ1v) is 8.43. The minimum absolute atomic E-state index is 0.123. The molecule has 1 heterocycles. The van der Waals surface area contributed by atoms with E-state index in [0.29, 0.717) is 5.92 Å². The van der Waals surface area contributed by atoms with Crippen molar-refractivity contribution in [1.29, 1.82) is 0 Å². The second-order valence-electron chi connectivity index (χ2n) is 7.63. The van der Waals surface area contributed by atoms with Crippen molar-refractivity contribution in [3.8, 4) is 0 Å². The Bertz CT molecular complexity index is 332. The summed E-state index contributed by atoms with van der Waals surface area (Å²) in [7, 11) is 0. The molecule has 0 saturated carbocycles. The van der Waals surface area contributed by atoms with Gasteiger partial charge in [-0.05, 0) is 38.1 Å². The predicted molar refractivity (Wildman–Crippen MR) is 87.2 cm³/mol. The van der Waals surface area contributed by atoms with Crippen molar-refractivity contribution in [3.05, 3.63) is 0 Å². The number of amides is 1. The molecule has 0 aromatic carbocycles. The molecule has 1 fully saturated rings. The zero-order valence-electron chi connectivity index (χ0n) is 14.5. The van der Waals surface area contributed by atoms with E-state index >= 15 is 0 Å². The lowest BCUT2D eigenvalue weighted by atomic mass is 9.92. The van der Waals surface area contributed by atoms with Gasteiger partial charge in [0.2, 0.25) is 5.91 Å². The third kappa shape index (κ3) is 5.95. The molecule has 4 nitrogen and oxygen atoms in total. The maximum atomic E-state index is 11.9. The molecule has 0 aromatic rings. The fourth-order valence-corrected chi connectivity index (χ4v) is 2.85. The third-order valence-corrected chi connectivity index (χ3v) is 4.67. The van der Waals surface area contributed by atoms with Gasteiger partial charge >= 0.3 is 0 Å². The topological polar surface area (TPSA) is 52.6 Å². The van der Waals surface area contributed by atoms with Crippen LogP contribution >= 0.6 is 0 Å². The Hall–Kier alpha value is -0.610. The van der Waals surface area contributed by atoms with Gasteiger partial charge in [-0.1, -0.05) is 34.6 Å². The Morgan fingerprint density at radius 2 is 1.90 bits per heavy atom. The normalized spacial score (nSPS) is 21.3. The van der Waals surface area contributed by atoms with E-state index in [2.05, 4.69) is 24.1 Å². The number of nitrogens with one attached hydrogen (secondary N) is 1. The van der Waals surface area contributed by atoms with Crippen molar-refractivity contribution < 1.29 is 9.90 Å². The molecule has 21 heavy (non-hydrogen) atoms. The molecule has 0 bridgehead atoms. The smallest absolute Gasteiger partial charge is 0.225 e. The van der Waals surface area contributed by atoms with E-state index in [4.69, 9.17) is 0 Å². The molecule has 1 saturated heterocycles. The van der Waals surface area contributed by atoms with Gasteiger partial charge in [0.05, 0.1) is 5.60 Å². The van der Waals surface area contributed by atoms with Gasteiger partial charge in [-0.15, -0.1) is 0 Å². The zero-order chi connectivity index (χ0) is 16.1. The molecule has 0 radical (unpaired) electrons. The standard InChI is InChI=1S/C17H34N2O2/c1-6-17(21,7-2)13-19-10-8-9-14(12-19)11-18-15(20)16(3,4)5/h14,21H,6-13H2,1-5H3,(H,18,20). The van der Waals surface area contributed by atoms with Gasteiger partial charge in [-0.3, -0.25) is 4.79 Å². The van der Waals surface area contributed by atoms with Gasteiger partial charge in [-0.2, -0.15) is 0 Å². The number of hydrogen-bond acceptors (Lipinski definition) is 3. The number of carbonyl (C=O) groups excluding carboxylic acids is 1. The first-order valence-electron chi connectivity index (χ1n) is 8.43.